The summed E-state index contributed by atoms with van der Waals surface area (Å²) in [6, 6.07) is 0. The summed E-state index contributed by atoms with van der Waals surface area (Å²) in [5.74, 6) is 5.15. The van der Waals surface area contributed by atoms with Gasteiger partial charge in [-0.2, -0.15) is 0 Å². The Morgan fingerprint density at radius 3 is 2.16 bits per heavy atom. The van der Waals surface area contributed by atoms with Crippen LogP contribution in [-0.2, 0) is 9.47 Å². The van der Waals surface area contributed by atoms with Crippen LogP contribution in [0.1, 0.15) is 202 Å². The Morgan fingerprint density at radius 2 is 1.47 bits per heavy atom. The number of carbonyl (C=O) groups is 1. The normalized spacial score (nSPS) is 31.7. The number of rotatable bonds is 22. The van der Waals surface area contributed by atoms with E-state index < -0.39 is 6.16 Å². The average molecular weight is 681 g/mol. The Labute approximate surface area is 304 Å². The molecule has 282 valence electrons. The van der Waals surface area contributed by atoms with Gasteiger partial charge in [-0.05, 0) is 123 Å². The van der Waals surface area contributed by atoms with Gasteiger partial charge in [0.05, 0.1) is 6.61 Å². The van der Waals surface area contributed by atoms with Crippen LogP contribution < -0.4 is 0 Å². The molecule has 0 amide bonds. The van der Waals surface area contributed by atoms with E-state index >= 15 is 0 Å². The molecule has 3 fully saturated rings. The Kier molecular flexibility index (Phi) is 17.1. The Hall–Kier alpha value is -1.25. The lowest BCUT2D eigenvalue weighted by molar-refractivity contribution is -0.0617. The Bertz CT molecular complexity index is 1010. The van der Waals surface area contributed by atoms with Gasteiger partial charge in [0.25, 0.3) is 0 Å². The molecule has 0 N–H and O–H groups in total. The fraction of sp³-hybridized carbons (Fsp3) is 0.891. The number of ether oxygens (including phenoxy) is 2. The lowest BCUT2D eigenvalue weighted by Gasteiger charge is -2.58. The molecule has 4 aliphatic carbocycles. The van der Waals surface area contributed by atoms with E-state index in [0.717, 1.165) is 67.6 Å². The first-order valence-electron chi connectivity index (χ1n) is 21.9. The van der Waals surface area contributed by atoms with E-state index in [-0.39, 0.29) is 6.10 Å². The van der Waals surface area contributed by atoms with E-state index in [1.54, 1.807) is 5.57 Å². The third kappa shape index (κ3) is 11.6. The van der Waals surface area contributed by atoms with Gasteiger partial charge in [0, 0.05) is 6.42 Å². The van der Waals surface area contributed by atoms with Crippen LogP contribution in [0.25, 0.3) is 0 Å². The summed E-state index contributed by atoms with van der Waals surface area (Å²) in [5, 5.41) is 0. The van der Waals surface area contributed by atoms with Crippen molar-refractivity contribution in [1.82, 2.24) is 0 Å². The number of allylic oxidation sites excluding steroid dienone is 3. The van der Waals surface area contributed by atoms with Gasteiger partial charge in [0.15, 0.2) is 0 Å². The minimum absolute atomic E-state index is 0.0142. The Morgan fingerprint density at radius 1 is 0.796 bits per heavy atom. The van der Waals surface area contributed by atoms with Gasteiger partial charge in [-0.1, -0.05) is 142 Å². The standard InChI is InChI=1S/C46H80O3/c1-7-8-9-10-11-12-13-14-15-16-17-18-19-20-21-22-34-48-44(47)49-39-30-32-45(5)38(35-39)26-27-40-42-29-28-41(37(4)25-23-24-36(2)3)46(42,6)33-31-43(40)45/h14-15,26,36-37,39-43H,7-13,16-25,27-35H2,1-6H3/b15-14+/t37-,39-,40+,41-,42+,43+,45-,46+/m0/s1. The maximum atomic E-state index is 12.6. The second kappa shape index (κ2) is 20.7. The van der Waals surface area contributed by atoms with E-state index in [0.29, 0.717) is 17.4 Å². The average Bonchev–Trinajstić information content (AvgIpc) is 3.43. The zero-order valence-corrected chi connectivity index (χ0v) is 33.4. The molecule has 3 saturated carbocycles. The highest BCUT2D eigenvalue weighted by Gasteiger charge is 2.59. The number of carbonyl (C=O) groups excluding carboxylic acids is 1. The predicted molar refractivity (Wildman–Crippen MR) is 209 cm³/mol. The van der Waals surface area contributed by atoms with Gasteiger partial charge in [-0.3, -0.25) is 0 Å². The van der Waals surface area contributed by atoms with Crippen molar-refractivity contribution < 1.29 is 14.3 Å². The van der Waals surface area contributed by atoms with Crippen LogP contribution in [-0.4, -0.2) is 18.9 Å². The second-order valence-electron chi connectivity index (χ2n) is 18.3. The fourth-order valence-electron chi connectivity index (χ4n) is 11.4. The fourth-order valence-corrected chi connectivity index (χ4v) is 11.4. The minimum Gasteiger partial charge on any atom is -0.434 e. The lowest BCUT2D eigenvalue weighted by atomic mass is 9.47. The molecular formula is C46H80O3. The van der Waals surface area contributed by atoms with Crippen molar-refractivity contribution in [1.29, 1.82) is 0 Å². The molecule has 0 aliphatic heterocycles. The van der Waals surface area contributed by atoms with Crippen LogP contribution in [0.15, 0.2) is 23.8 Å². The van der Waals surface area contributed by atoms with Gasteiger partial charge < -0.3 is 9.47 Å². The molecule has 0 heterocycles. The summed E-state index contributed by atoms with van der Waals surface area (Å²) in [4.78, 5) is 12.6. The highest BCUT2D eigenvalue weighted by Crippen LogP contribution is 2.67. The highest BCUT2D eigenvalue weighted by atomic mass is 16.7. The van der Waals surface area contributed by atoms with Crippen molar-refractivity contribution in [2.75, 3.05) is 6.61 Å². The molecule has 0 bridgehead atoms. The number of hydrogen-bond donors (Lipinski definition) is 0. The van der Waals surface area contributed by atoms with Crippen LogP contribution in [0.2, 0.25) is 0 Å². The molecule has 3 nitrogen and oxygen atoms in total. The molecular weight excluding hydrogens is 601 g/mol. The van der Waals surface area contributed by atoms with Gasteiger partial charge in [0.1, 0.15) is 6.10 Å². The SMILES string of the molecule is CCCCCCCC/C=C/CCCCCCCCOC(=O)O[C@H]1CC[C@@]2(C)C(=CC[C@@H]3[C@H]4CC[C@@H]([C@@H](C)CCCC(C)C)[C@@]4(C)CC[C@H]32)C1. The zero-order valence-electron chi connectivity index (χ0n) is 33.4. The molecule has 0 aromatic carbocycles. The predicted octanol–water partition coefficient (Wildman–Crippen LogP) is 14.6. The molecule has 0 saturated heterocycles. The van der Waals surface area contributed by atoms with Crippen molar-refractivity contribution in [2.45, 2.75) is 208 Å². The number of fused-ring (bicyclic) bond motifs is 5. The number of unbranched alkanes of at least 4 members (excludes halogenated alkanes) is 12. The molecule has 4 rings (SSSR count). The summed E-state index contributed by atoms with van der Waals surface area (Å²) in [5.41, 5.74) is 2.42. The first kappa shape index (κ1) is 40.5. The maximum absolute atomic E-state index is 12.6. The van der Waals surface area contributed by atoms with Crippen molar-refractivity contribution in [3.63, 3.8) is 0 Å². The van der Waals surface area contributed by atoms with Gasteiger partial charge in [-0.15, -0.1) is 0 Å². The molecule has 49 heavy (non-hydrogen) atoms. The van der Waals surface area contributed by atoms with Crippen LogP contribution in [0.5, 0.6) is 0 Å². The number of hydrogen-bond acceptors (Lipinski definition) is 3. The summed E-state index contributed by atoms with van der Waals surface area (Å²) < 4.78 is 11.5. The first-order valence-corrected chi connectivity index (χ1v) is 21.9. The van der Waals surface area contributed by atoms with Crippen LogP contribution >= 0.6 is 0 Å². The van der Waals surface area contributed by atoms with Crippen molar-refractivity contribution in [3.8, 4) is 0 Å². The molecule has 3 heteroatoms. The van der Waals surface area contributed by atoms with Crippen molar-refractivity contribution >= 4 is 6.16 Å². The van der Waals surface area contributed by atoms with E-state index in [9.17, 15) is 4.79 Å². The smallest absolute Gasteiger partial charge is 0.434 e. The van der Waals surface area contributed by atoms with Crippen LogP contribution in [0.4, 0.5) is 4.79 Å². The van der Waals surface area contributed by atoms with E-state index in [4.69, 9.17) is 9.47 Å². The third-order valence-electron chi connectivity index (χ3n) is 14.4. The van der Waals surface area contributed by atoms with Crippen LogP contribution in [0.3, 0.4) is 0 Å². The monoisotopic (exact) mass is 681 g/mol. The summed E-state index contributed by atoms with van der Waals surface area (Å²) in [7, 11) is 0. The molecule has 0 aromatic heterocycles. The van der Waals surface area contributed by atoms with Gasteiger partial charge >= 0.3 is 6.16 Å². The summed E-state index contributed by atoms with van der Waals surface area (Å²) in [6.07, 6.45) is 39.2. The second-order valence-corrected chi connectivity index (χ2v) is 18.3. The first-order chi connectivity index (χ1) is 23.7. The van der Waals surface area contributed by atoms with Crippen molar-refractivity contribution in [3.05, 3.63) is 23.8 Å². The van der Waals surface area contributed by atoms with Crippen LogP contribution in [0, 0.1) is 46.3 Å². The van der Waals surface area contributed by atoms with Crippen molar-refractivity contribution in [2.24, 2.45) is 46.3 Å². The lowest BCUT2D eigenvalue weighted by Crippen LogP contribution is -2.51. The molecule has 8 atom stereocenters. The molecule has 0 aromatic rings. The van der Waals surface area contributed by atoms with E-state index in [1.807, 2.05) is 0 Å². The molecule has 0 spiro atoms. The van der Waals surface area contributed by atoms with E-state index in [1.165, 1.54) is 128 Å². The summed E-state index contributed by atoms with van der Waals surface area (Å²) in [6.45, 7) is 15.4. The zero-order chi connectivity index (χ0) is 35.1. The summed E-state index contributed by atoms with van der Waals surface area (Å²) >= 11 is 0. The maximum Gasteiger partial charge on any atom is 0.508 e. The van der Waals surface area contributed by atoms with Gasteiger partial charge in [0.2, 0.25) is 0 Å². The molecule has 0 radical (unpaired) electrons. The Balaban J connectivity index is 1.08. The van der Waals surface area contributed by atoms with E-state index in [2.05, 4.69) is 59.8 Å². The highest BCUT2D eigenvalue weighted by molar-refractivity contribution is 5.60. The molecule has 0 unspecified atom stereocenters. The van der Waals surface area contributed by atoms with Gasteiger partial charge in [-0.25, -0.2) is 4.79 Å². The molecule has 4 aliphatic rings. The third-order valence-corrected chi connectivity index (χ3v) is 14.4. The topological polar surface area (TPSA) is 35.5 Å². The quantitative estimate of drug-likeness (QED) is 0.0648. The minimum atomic E-state index is -0.441. The largest absolute Gasteiger partial charge is 0.508 e.